The molecule has 2 heterocycles. The van der Waals surface area contributed by atoms with E-state index in [2.05, 4.69) is 28.3 Å². The summed E-state index contributed by atoms with van der Waals surface area (Å²) in [5.74, 6) is 1.76. The Kier molecular flexibility index (Phi) is 4.60. The van der Waals surface area contributed by atoms with Gasteiger partial charge >= 0.3 is 0 Å². The van der Waals surface area contributed by atoms with Crippen LogP contribution in [0, 0.1) is 5.92 Å². The average molecular weight is 305 g/mol. The van der Waals surface area contributed by atoms with Gasteiger partial charge in [-0.1, -0.05) is 11.3 Å². The predicted octanol–water partition coefficient (Wildman–Crippen LogP) is 3.45. The fourth-order valence-corrected chi connectivity index (χ4v) is 3.76. The van der Waals surface area contributed by atoms with Crippen LogP contribution in [0.15, 0.2) is 18.2 Å². The number of nitrogens with one attached hydrogen (secondary N) is 1. The Balaban J connectivity index is 1.53. The Hall–Kier alpha value is -1.33. The first-order valence-electron chi connectivity index (χ1n) is 7.61. The van der Waals surface area contributed by atoms with Gasteiger partial charge in [0.05, 0.1) is 17.3 Å². The molecule has 1 aromatic heterocycles. The predicted molar refractivity (Wildman–Crippen MR) is 89.5 cm³/mol. The summed E-state index contributed by atoms with van der Waals surface area (Å²) >= 11 is 1.70. The number of thiazole rings is 1. The van der Waals surface area contributed by atoms with Crippen LogP contribution in [-0.2, 0) is 0 Å². The molecule has 0 unspecified atom stereocenters. The summed E-state index contributed by atoms with van der Waals surface area (Å²) in [6.07, 6.45) is 3.90. The fraction of sp³-hybridized carbons (Fsp3) is 0.562. The van der Waals surface area contributed by atoms with Crippen molar-refractivity contribution in [3.05, 3.63) is 18.2 Å². The second kappa shape index (κ2) is 6.62. The van der Waals surface area contributed by atoms with Crippen molar-refractivity contribution in [2.75, 3.05) is 39.1 Å². The number of anilines is 1. The maximum absolute atomic E-state index is 5.26. The monoisotopic (exact) mass is 305 g/mol. The molecule has 1 fully saturated rings. The third kappa shape index (κ3) is 3.66. The van der Waals surface area contributed by atoms with Crippen LogP contribution in [0.3, 0.4) is 0 Å². The Morgan fingerprint density at radius 2 is 2.19 bits per heavy atom. The van der Waals surface area contributed by atoms with Gasteiger partial charge in [-0.2, -0.15) is 0 Å². The van der Waals surface area contributed by atoms with E-state index in [0.29, 0.717) is 0 Å². The van der Waals surface area contributed by atoms with Crippen molar-refractivity contribution in [1.82, 2.24) is 9.88 Å². The molecule has 0 aliphatic carbocycles. The molecule has 1 saturated heterocycles. The van der Waals surface area contributed by atoms with E-state index in [1.54, 1.807) is 18.4 Å². The first-order chi connectivity index (χ1) is 10.2. The van der Waals surface area contributed by atoms with Gasteiger partial charge in [-0.25, -0.2) is 4.98 Å². The topological polar surface area (TPSA) is 37.4 Å². The maximum Gasteiger partial charge on any atom is 0.183 e. The van der Waals surface area contributed by atoms with Gasteiger partial charge in [0, 0.05) is 6.54 Å². The molecule has 0 atom stereocenters. The minimum Gasteiger partial charge on any atom is -0.497 e. The number of piperidine rings is 1. The Labute approximate surface area is 130 Å². The van der Waals surface area contributed by atoms with E-state index in [1.165, 1.54) is 37.1 Å². The summed E-state index contributed by atoms with van der Waals surface area (Å²) in [6.45, 7) is 3.50. The number of fused-ring (bicyclic) bond motifs is 1. The molecule has 0 amide bonds. The molecule has 1 aromatic carbocycles. The van der Waals surface area contributed by atoms with Crippen LogP contribution in [0.2, 0.25) is 0 Å². The van der Waals surface area contributed by atoms with Crippen molar-refractivity contribution in [3.8, 4) is 5.75 Å². The highest BCUT2D eigenvalue weighted by atomic mass is 32.1. The molecule has 21 heavy (non-hydrogen) atoms. The maximum atomic E-state index is 5.26. The van der Waals surface area contributed by atoms with Gasteiger partial charge in [-0.3, -0.25) is 0 Å². The van der Waals surface area contributed by atoms with Crippen LogP contribution < -0.4 is 10.1 Å². The number of methoxy groups -OCH3 is 1. The number of hydrogen-bond donors (Lipinski definition) is 1. The molecule has 0 radical (unpaired) electrons. The van der Waals surface area contributed by atoms with Gasteiger partial charge in [-0.05, 0) is 63.5 Å². The molecular weight excluding hydrogens is 282 g/mol. The summed E-state index contributed by atoms with van der Waals surface area (Å²) in [6, 6.07) is 6.03. The third-order valence-corrected chi connectivity index (χ3v) is 5.24. The standard InChI is InChI=1S/C16H23N3OS/c1-19-9-6-12(7-10-19)5-8-17-16-18-14-4-3-13(20-2)11-15(14)21-16/h3-4,11-12H,5-10H2,1-2H3,(H,17,18). The number of likely N-dealkylation sites (tertiary alicyclic amines) is 1. The van der Waals surface area contributed by atoms with Crippen molar-refractivity contribution in [2.45, 2.75) is 19.3 Å². The number of ether oxygens (including phenoxy) is 1. The smallest absolute Gasteiger partial charge is 0.183 e. The summed E-state index contributed by atoms with van der Waals surface area (Å²) < 4.78 is 6.43. The van der Waals surface area contributed by atoms with E-state index in [4.69, 9.17) is 4.74 Å². The largest absolute Gasteiger partial charge is 0.497 e. The number of aromatic nitrogens is 1. The lowest BCUT2D eigenvalue weighted by Crippen LogP contribution is -2.30. The zero-order valence-corrected chi connectivity index (χ0v) is 13.6. The van der Waals surface area contributed by atoms with Crippen molar-refractivity contribution < 1.29 is 4.74 Å². The molecular formula is C16H23N3OS. The number of benzene rings is 1. The van der Waals surface area contributed by atoms with Crippen molar-refractivity contribution in [1.29, 1.82) is 0 Å². The molecule has 1 aliphatic heterocycles. The average Bonchev–Trinajstić information content (AvgIpc) is 2.91. The van der Waals surface area contributed by atoms with E-state index in [-0.39, 0.29) is 0 Å². The molecule has 0 bridgehead atoms. The van der Waals surface area contributed by atoms with Crippen LogP contribution in [0.4, 0.5) is 5.13 Å². The second-order valence-electron chi connectivity index (χ2n) is 5.81. The third-order valence-electron chi connectivity index (χ3n) is 4.26. The number of nitrogens with zero attached hydrogens (tertiary/aromatic N) is 2. The molecule has 1 N–H and O–H groups in total. The van der Waals surface area contributed by atoms with Crippen LogP contribution in [0.1, 0.15) is 19.3 Å². The second-order valence-corrected chi connectivity index (χ2v) is 6.85. The first kappa shape index (κ1) is 14.6. The Morgan fingerprint density at radius 1 is 1.38 bits per heavy atom. The van der Waals surface area contributed by atoms with Crippen LogP contribution in [0.5, 0.6) is 5.75 Å². The highest BCUT2D eigenvalue weighted by Crippen LogP contribution is 2.29. The zero-order valence-electron chi connectivity index (χ0n) is 12.8. The fourth-order valence-electron chi connectivity index (χ4n) is 2.84. The van der Waals surface area contributed by atoms with E-state index < -0.39 is 0 Å². The Bertz CT molecular complexity index is 590. The highest BCUT2D eigenvalue weighted by molar-refractivity contribution is 7.22. The lowest BCUT2D eigenvalue weighted by Gasteiger charge is -2.28. The van der Waals surface area contributed by atoms with Gasteiger partial charge in [-0.15, -0.1) is 0 Å². The Morgan fingerprint density at radius 3 is 2.95 bits per heavy atom. The quantitative estimate of drug-likeness (QED) is 0.918. The highest BCUT2D eigenvalue weighted by Gasteiger charge is 2.16. The van der Waals surface area contributed by atoms with Gasteiger partial charge in [0.1, 0.15) is 5.75 Å². The van der Waals surface area contributed by atoms with E-state index in [1.807, 2.05) is 12.1 Å². The molecule has 0 spiro atoms. The van der Waals surface area contributed by atoms with Crippen LogP contribution in [-0.4, -0.2) is 43.7 Å². The normalized spacial score (nSPS) is 17.2. The van der Waals surface area contributed by atoms with Gasteiger partial charge in [0.2, 0.25) is 0 Å². The molecule has 5 heteroatoms. The first-order valence-corrected chi connectivity index (χ1v) is 8.43. The van der Waals surface area contributed by atoms with E-state index >= 15 is 0 Å². The number of rotatable bonds is 5. The lowest BCUT2D eigenvalue weighted by atomic mass is 9.94. The lowest BCUT2D eigenvalue weighted by molar-refractivity contribution is 0.215. The van der Waals surface area contributed by atoms with E-state index in [9.17, 15) is 0 Å². The summed E-state index contributed by atoms with van der Waals surface area (Å²) in [5.41, 5.74) is 1.04. The molecule has 0 saturated carbocycles. The van der Waals surface area contributed by atoms with Crippen LogP contribution in [0.25, 0.3) is 10.2 Å². The molecule has 2 aromatic rings. The molecule has 114 valence electrons. The van der Waals surface area contributed by atoms with Gasteiger partial charge in [0.15, 0.2) is 5.13 Å². The van der Waals surface area contributed by atoms with Crippen molar-refractivity contribution in [3.63, 3.8) is 0 Å². The minimum absolute atomic E-state index is 0.864. The summed E-state index contributed by atoms with van der Waals surface area (Å²) in [5, 5.41) is 4.50. The SMILES string of the molecule is COc1ccc2nc(NCCC3CCN(C)CC3)sc2c1. The van der Waals surface area contributed by atoms with Crippen LogP contribution >= 0.6 is 11.3 Å². The zero-order chi connectivity index (χ0) is 14.7. The van der Waals surface area contributed by atoms with Crippen molar-refractivity contribution in [2.24, 2.45) is 5.92 Å². The minimum atomic E-state index is 0.864. The van der Waals surface area contributed by atoms with Gasteiger partial charge in [0.25, 0.3) is 0 Å². The molecule has 1 aliphatic rings. The van der Waals surface area contributed by atoms with E-state index in [0.717, 1.165) is 28.9 Å². The molecule has 4 nitrogen and oxygen atoms in total. The summed E-state index contributed by atoms with van der Waals surface area (Å²) in [4.78, 5) is 7.05. The van der Waals surface area contributed by atoms with Gasteiger partial charge < -0.3 is 15.0 Å². The van der Waals surface area contributed by atoms with Crippen molar-refractivity contribution >= 4 is 26.7 Å². The summed E-state index contributed by atoms with van der Waals surface area (Å²) in [7, 11) is 3.91. The molecule has 3 rings (SSSR count). The number of hydrogen-bond acceptors (Lipinski definition) is 5.